The third-order valence-electron chi connectivity index (χ3n) is 6.97. The number of nitrogens with one attached hydrogen (secondary N) is 1. The molecule has 3 aliphatic carbocycles. The zero-order chi connectivity index (χ0) is 19.4. The van der Waals surface area contributed by atoms with E-state index in [1.54, 1.807) is 4.72 Å². The number of benzene rings is 1. The van der Waals surface area contributed by atoms with Crippen LogP contribution in [0.1, 0.15) is 49.1 Å². The predicted molar refractivity (Wildman–Crippen MR) is 93.4 cm³/mol. The van der Waals surface area contributed by atoms with E-state index in [0.29, 0.717) is 31.6 Å². The highest BCUT2D eigenvalue weighted by molar-refractivity contribution is 7.90. The van der Waals surface area contributed by atoms with Crippen LogP contribution in [-0.4, -0.2) is 26.3 Å². The van der Waals surface area contributed by atoms with Gasteiger partial charge in [-0.25, -0.2) is 13.1 Å². The monoisotopic (exact) mass is 401 g/mol. The summed E-state index contributed by atoms with van der Waals surface area (Å²) in [5, 5.41) is 0. The molecule has 4 atom stereocenters. The molecule has 0 bridgehead atoms. The Morgan fingerprint density at radius 3 is 2.59 bits per heavy atom. The van der Waals surface area contributed by atoms with Crippen LogP contribution in [0.5, 0.6) is 0 Å². The lowest BCUT2D eigenvalue weighted by Gasteiger charge is -2.49. The molecule has 148 valence electrons. The van der Waals surface area contributed by atoms with Crippen molar-refractivity contribution in [3.63, 3.8) is 0 Å². The third kappa shape index (κ3) is 2.92. The molecule has 4 nitrogen and oxygen atoms in total. The van der Waals surface area contributed by atoms with Crippen LogP contribution in [0.4, 0.5) is 13.2 Å². The molecular formula is C19H22F3NO3S. The van der Waals surface area contributed by atoms with Gasteiger partial charge in [-0.1, -0.05) is 24.3 Å². The van der Waals surface area contributed by atoms with Gasteiger partial charge in [0.15, 0.2) is 0 Å². The first-order valence-corrected chi connectivity index (χ1v) is 10.8. The Balaban J connectivity index is 1.62. The first-order chi connectivity index (χ1) is 12.7. The summed E-state index contributed by atoms with van der Waals surface area (Å²) in [5.41, 5.74) is -3.75. The SMILES string of the molecule is O=C1CC[C@H]2[C@@H]3CCc4ccccc4[C@H]3CC[C@]12CNS(=O)(=O)C(F)(F)F. The second kappa shape index (κ2) is 6.30. The molecule has 3 aliphatic rings. The minimum atomic E-state index is -5.44. The fourth-order valence-corrected chi connectivity index (χ4v) is 6.34. The molecule has 1 N–H and O–H groups in total. The van der Waals surface area contributed by atoms with Gasteiger partial charge in [-0.15, -0.1) is 0 Å². The van der Waals surface area contributed by atoms with E-state index >= 15 is 0 Å². The van der Waals surface area contributed by atoms with Crippen molar-refractivity contribution < 1.29 is 26.4 Å². The van der Waals surface area contributed by atoms with Crippen molar-refractivity contribution in [3.8, 4) is 0 Å². The standard InChI is InChI=1S/C19H22F3NO3S/c20-19(21,22)27(25,26)23-11-18-10-9-14-13-4-2-1-3-12(13)5-6-15(14)16(18)7-8-17(18)24/h1-4,14-16,23H,5-11H2/t14-,15-,16+,18-/m1/s1. The van der Waals surface area contributed by atoms with Crippen molar-refractivity contribution in [1.29, 1.82) is 0 Å². The molecule has 0 unspecified atom stereocenters. The molecule has 8 heteroatoms. The second-order valence-electron chi connectivity index (χ2n) is 8.04. The molecule has 2 saturated carbocycles. The second-order valence-corrected chi connectivity index (χ2v) is 9.80. The summed E-state index contributed by atoms with van der Waals surface area (Å²) in [5.74, 6) is 0.372. The number of ketones is 1. The van der Waals surface area contributed by atoms with Gasteiger partial charge in [0, 0.05) is 18.4 Å². The average Bonchev–Trinajstić information content (AvgIpc) is 2.96. The maximum absolute atomic E-state index is 12.7. The Kier molecular flexibility index (Phi) is 4.42. The molecule has 4 rings (SSSR count). The lowest BCUT2D eigenvalue weighted by molar-refractivity contribution is -0.130. The number of carbonyl (C=O) groups is 1. The molecule has 0 spiro atoms. The van der Waals surface area contributed by atoms with Gasteiger partial charge in [0.2, 0.25) is 0 Å². The highest BCUT2D eigenvalue weighted by atomic mass is 32.2. The first-order valence-electron chi connectivity index (χ1n) is 9.33. The van der Waals surface area contributed by atoms with E-state index in [-0.39, 0.29) is 17.6 Å². The highest BCUT2D eigenvalue weighted by Gasteiger charge is 2.58. The Morgan fingerprint density at radius 1 is 1.11 bits per heavy atom. The molecule has 0 aromatic heterocycles. The van der Waals surface area contributed by atoms with Crippen LogP contribution in [-0.2, 0) is 21.2 Å². The highest BCUT2D eigenvalue weighted by Crippen LogP contribution is 2.59. The van der Waals surface area contributed by atoms with Gasteiger partial charge in [-0.2, -0.15) is 13.2 Å². The summed E-state index contributed by atoms with van der Waals surface area (Å²) in [6.45, 7) is -0.441. The number of halogens is 3. The lowest BCUT2D eigenvalue weighted by Crippen LogP contribution is -2.52. The smallest absolute Gasteiger partial charge is 0.299 e. The van der Waals surface area contributed by atoms with E-state index in [2.05, 4.69) is 12.1 Å². The lowest BCUT2D eigenvalue weighted by atomic mass is 9.55. The van der Waals surface area contributed by atoms with Gasteiger partial charge in [-0.3, -0.25) is 4.79 Å². The van der Waals surface area contributed by atoms with Gasteiger partial charge in [-0.05, 0) is 61.0 Å². The van der Waals surface area contributed by atoms with Crippen molar-refractivity contribution in [2.24, 2.45) is 17.3 Å². The van der Waals surface area contributed by atoms with E-state index in [4.69, 9.17) is 0 Å². The summed E-state index contributed by atoms with van der Waals surface area (Å²) in [7, 11) is -5.44. The number of fused-ring (bicyclic) bond motifs is 5. The van der Waals surface area contributed by atoms with Crippen LogP contribution in [0, 0.1) is 17.3 Å². The molecule has 0 aliphatic heterocycles. The minimum absolute atomic E-state index is 0.0620. The fourth-order valence-electron chi connectivity index (χ4n) is 5.73. The molecule has 27 heavy (non-hydrogen) atoms. The van der Waals surface area contributed by atoms with Crippen LogP contribution in [0.2, 0.25) is 0 Å². The summed E-state index contributed by atoms with van der Waals surface area (Å²) in [6.07, 6.45) is 3.89. The van der Waals surface area contributed by atoms with Crippen LogP contribution in [0.3, 0.4) is 0 Å². The number of carbonyl (C=O) groups excluding carboxylic acids is 1. The van der Waals surface area contributed by atoms with Crippen LogP contribution < -0.4 is 4.72 Å². The number of aryl methyl sites for hydroxylation is 1. The van der Waals surface area contributed by atoms with Crippen LogP contribution >= 0.6 is 0 Å². The molecule has 0 amide bonds. The Morgan fingerprint density at radius 2 is 1.85 bits per heavy atom. The number of sulfonamides is 1. The quantitative estimate of drug-likeness (QED) is 0.843. The number of alkyl halides is 3. The maximum Gasteiger partial charge on any atom is 0.511 e. The summed E-state index contributed by atoms with van der Waals surface area (Å²) < 4.78 is 62.8. The van der Waals surface area contributed by atoms with E-state index in [9.17, 15) is 26.4 Å². The minimum Gasteiger partial charge on any atom is -0.299 e. The van der Waals surface area contributed by atoms with Crippen molar-refractivity contribution in [1.82, 2.24) is 4.72 Å². The first kappa shape index (κ1) is 18.9. The van der Waals surface area contributed by atoms with Gasteiger partial charge in [0.25, 0.3) is 0 Å². The van der Waals surface area contributed by atoms with E-state index in [1.807, 2.05) is 12.1 Å². The van der Waals surface area contributed by atoms with E-state index < -0.39 is 27.5 Å². The molecule has 2 fully saturated rings. The van der Waals surface area contributed by atoms with Crippen molar-refractivity contribution >= 4 is 15.8 Å². The van der Waals surface area contributed by atoms with Gasteiger partial charge < -0.3 is 0 Å². The summed E-state index contributed by atoms with van der Waals surface area (Å²) in [6, 6.07) is 8.24. The average molecular weight is 401 g/mol. The molecule has 0 radical (unpaired) electrons. The maximum atomic E-state index is 12.7. The topological polar surface area (TPSA) is 63.2 Å². The fraction of sp³-hybridized carbons (Fsp3) is 0.632. The largest absolute Gasteiger partial charge is 0.511 e. The normalized spacial score (nSPS) is 33.3. The van der Waals surface area contributed by atoms with Gasteiger partial charge in [0.05, 0.1) is 0 Å². The predicted octanol–water partition coefficient (Wildman–Crippen LogP) is 3.53. The van der Waals surface area contributed by atoms with Crippen molar-refractivity contribution in [3.05, 3.63) is 35.4 Å². The number of rotatable bonds is 3. The Hall–Kier alpha value is -1.41. The van der Waals surface area contributed by atoms with Crippen LogP contribution in [0.15, 0.2) is 24.3 Å². The molecule has 0 heterocycles. The van der Waals surface area contributed by atoms with Gasteiger partial charge >= 0.3 is 15.5 Å². The zero-order valence-electron chi connectivity index (χ0n) is 14.8. The number of hydrogen-bond donors (Lipinski definition) is 1. The van der Waals surface area contributed by atoms with Crippen molar-refractivity contribution in [2.45, 2.75) is 50.0 Å². The summed E-state index contributed by atoms with van der Waals surface area (Å²) in [4.78, 5) is 12.7. The molecule has 1 aromatic rings. The zero-order valence-corrected chi connectivity index (χ0v) is 15.6. The van der Waals surface area contributed by atoms with E-state index in [1.165, 1.54) is 11.1 Å². The van der Waals surface area contributed by atoms with E-state index in [0.717, 1.165) is 12.8 Å². The number of hydrogen-bond acceptors (Lipinski definition) is 3. The molecule has 1 aromatic carbocycles. The Labute approximate surface area is 156 Å². The summed E-state index contributed by atoms with van der Waals surface area (Å²) >= 11 is 0. The molecule has 0 saturated heterocycles. The van der Waals surface area contributed by atoms with Crippen LogP contribution in [0.25, 0.3) is 0 Å². The third-order valence-corrected chi connectivity index (χ3v) is 8.10. The Bertz CT molecular complexity index is 867. The van der Waals surface area contributed by atoms with Gasteiger partial charge in [0.1, 0.15) is 5.78 Å². The number of Topliss-reactive ketones (excluding diaryl/α,β-unsaturated/α-hetero) is 1. The molecular weight excluding hydrogens is 379 g/mol. The van der Waals surface area contributed by atoms with Crippen molar-refractivity contribution in [2.75, 3.05) is 6.54 Å².